The molecule has 0 atom stereocenters. The van der Waals surface area contributed by atoms with Crippen molar-refractivity contribution >= 4 is 17.5 Å². The Morgan fingerprint density at radius 2 is 1.25 bits per heavy atom. The molecular weight excluding hydrogens is 444 g/mol. The Hall–Kier alpha value is -2.62. The van der Waals surface area contributed by atoms with Crippen molar-refractivity contribution in [2.75, 3.05) is 5.32 Å². The van der Waals surface area contributed by atoms with Crippen LogP contribution in [0.1, 0.15) is 137 Å². The summed E-state index contributed by atoms with van der Waals surface area (Å²) in [5.41, 5.74) is 13.7. The molecule has 0 bridgehead atoms. The third kappa shape index (κ3) is 4.27. The molecule has 0 saturated carbocycles. The molecule has 194 valence electrons. The molecule has 0 aromatic heterocycles. The van der Waals surface area contributed by atoms with Gasteiger partial charge in [0.1, 0.15) is 0 Å². The van der Waals surface area contributed by atoms with Crippen LogP contribution in [0.4, 0.5) is 5.69 Å². The molecule has 0 saturated heterocycles. The predicted octanol–water partition coefficient (Wildman–Crippen LogP) is 7.30. The zero-order valence-electron chi connectivity index (χ0n) is 23.7. The van der Waals surface area contributed by atoms with E-state index in [-0.39, 0.29) is 27.6 Å². The fourth-order valence-corrected chi connectivity index (χ4v) is 6.50. The first-order valence-electron chi connectivity index (χ1n) is 13.5. The molecule has 4 rings (SSSR count). The molecule has 2 aromatic carbocycles. The zero-order valence-corrected chi connectivity index (χ0v) is 23.7. The normalized spacial score (nSPS) is 20.7. The Balaban J connectivity index is 1.97. The Morgan fingerprint density at radius 1 is 0.778 bits per heavy atom. The number of benzene rings is 2. The van der Waals surface area contributed by atoms with Gasteiger partial charge in [-0.1, -0.05) is 68.4 Å². The molecule has 4 heteroatoms. The smallest absolute Gasteiger partial charge is 0.255 e. The first kappa shape index (κ1) is 26.4. The molecule has 2 aliphatic rings. The summed E-state index contributed by atoms with van der Waals surface area (Å²) in [6.07, 6.45) is 5.03. The van der Waals surface area contributed by atoms with Crippen molar-refractivity contribution in [3.05, 3.63) is 63.2 Å². The second kappa shape index (κ2) is 8.46. The largest absolute Gasteiger partial charge is 0.366 e. The predicted molar refractivity (Wildman–Crippen MR) is 149 cm³/mol. The molecule has 2 aliphatic carbocycles. The number of hydrogen-bond donors (Lipinski definition) is 2. The summed E-state index contributed by atoms with van der Waals surface area (Å²) in [6, 6.07) is 7.72. The fraction of sp³-hybridized carbons (Fsp3) is 0.562. The van der Waals surface area contributed by atoms with Crippen LogP contribution in [-0.4, -0.2) is 11.8 Å². The van der Waals surface area contributed by atoms with Crippen molar-refractivity contribution in [1.29, 1.82) is 0 Å². The van der Waals surface area contributed by atoms with Crippen LogP contribution in [0.2, 0.25) is 0 Å². The SMILES string of the molecule is CCc1cc(C(=O)Nc2c3c(cc4c2C(C)(C)CCC4(C)C)C(C)(C)CCC3(C)C)ccc1C(N)=O. The van der Waals surface area contributed by atoms with Gasteiger partial charge in [-0.15, -0.1) is 0 Å². The summed E-state index contributed by atoms with van der Waals surface area (Å²) in [6.45, 7) is 20.6. The number of primary amides is 1. The van der Waals surface area contributed by atoms with Crippen molar-refractivity contribution < 1.29 is 9.59 Å². The van der Waals surface area contributed by atoms with E-state index in [0.29, 0.717) is 17.5 Å². The lowest BCUT2D eigenvalue weighted by Crippen LogP contribution is -2.41. The number of nitrogens with one attached hydrogen (secondary N) is 1. The van der Waals surface area contributed by atoms with Crippen LogP contribution in [0.5, 0.6) is 0 Å². The molecule has 3 N–H and O–H groups in total. The lowest BCUT2D eigenvalue weighted by Gasteiger charge is -2.49. The van der Waals surface area contributed by atoms with Crippen molar-refractivity contribution in [3.8, 4) is 0 Å². The topological polar surface area (TPSA) is 72.2 Å². The minimum absolute atomic E-state index is 0.0372. The lowest BCUT2D eigenvalue weighted by molar-refractivity contribution is 0.0994. The van der Waals surface area contributed by atoms with Crippen LogP contribution in [0, 0.1) is 0 Å². The molecule has 0 radical (unpaired) electrons. The Morgan fingerprint density at radius 3 is 1.69 bits per heavy atom. The molecule has 4 nitrogen and oxygen atoms in total. The summed E-state index contributed by atoms with van der Waals surface area (Å²) in [5.74, 6) is -0.590. The van der Waals surface area contributed by atoms with E-state index in [1.807, 2.05) is 13.0 Å². The van der Waals surface area contributed by atoms with Gasteiger partial charge in [-0.3, -0.25) is 9.59 Å². The van der Waals surface area contributed by atoms with E-state index >= 15 is 0 Å². The van der Waals surface area contributed by atoms with E-state index in [1.54, 1.807) is 12.1 Å². The van der Waals surface area contributed by atoms with E-state index in [2.05, 4.69) is 66.8 Å². The minimum atomic E-state index is -0.460. The summed E-state index contributed by atoms with van der Waals surface area (Å²) in [5, 5.41) is 3.45. The van der Waals surface area contributed by atoms with Crippen molar-refractivity contribution in [1.82, 2.24) is 0 Å². The maximum Gasteiger partial charge on any atom is 0.255 e. The monoisotopic (exact) mass is 488 g/mol. The summed E-state index contributed by atoms with van der Waals surface area (Å²) >= 11 is 0. The van der Waals surface area contributed by atoms with Crippen LogP contribution in [0.3, 0.4) is 0 Å². The van der Waals surface area contributed by atoms with Crippen LogP contribution in [0.15, 0.2) is 24.3 Å². The third-order valence-electron chi connectivity index (χ3n) is 9.14. The quantitative estimate of drug-likeness (QED) is 0.474. The first-order chi connectivity index (χ1) is 16.5. The molecular formula is C32H44N2O2. The summed E-state index contributed by atoms with van der Waals surface area (Å²) in [7, 11) is 0. The highest BCUT2D eigenvalue weighted by atomic mass is 16.2. The highest BCUT2D eigenvalue weighted by Crippen LogP contribution is 2.56. The molecule has 0 aliphatic heterocycles. The van der Waals surface area contributed by atoms with Gasteiger partial charge in [-0.2, -0.15) is 0 Å². The van der Waals surface area contributed by atoms with Gasteiger partial charge >= 0.3 is 0 Å². The number of aryl methyl sites for hydroxylation is 1. The van der Waals surface area contributed by atoms with Crippen molar-refractivity contribution in [2.24, 2.45) is 5.73 Å². The number of anilines is 1. The van der Waals surface area contributed by atoms with Crippen LogP contribution < -0.4 is 11.1 Å². The summed E-state index contributed by atoms with van der Waals surface area (Å²) < 4.78 is 0. The third-order valence-corrected chi connectivity index (χ3v) is 9.14. The van der Waals surface area contributed by atoms with Crippen LogP contribution in [0.25, 0.3) is 0 Å². The standard InChI is InChI=1S/C32H44N2O2/c1-10-19-17-20(11-12-21(19)27(33)35)28(36)34-26-24-22(29(2,3)13-15-31(24,6)7)18-23-25(26)32(8,9)16-14-30(23,4)5/h11-12,17-18H,10,13-16H2,1-9H3,(H2,33,35)(H,34,36). The number of amides is 2. The number of fused-ring (bicyclic) bond motifs is 2. The van der Waals surface area contributed by atoms with Crippen LogP contribution in [-0.2, 0) is 28.1 Å². The number of carbonyl (C=O) groups excluding carboxylic acids is 2. The zero-order chi connectivity index (χ0) is 26.8. The molecule has 36 heavy (non-hydrogen) atoms. The molecule has 0 spiro atoms. The molecule has 2 aromatic rings. The Labute approximate surface area is 217 Å². The van der Waals surface area contributed by atoms with E-state index in [4.69, 9.17) is 5.73 Å². The summed E-state index contributed by atoms with van der Waals surface area (Å²) in [4.78, 5) is 25.7. The second-order valence-corrected chi connectivity index (χ2v) is 13.7. The fourth-order valence-electron chi connectivity index (χ4n) is 6.50. The van der Waals surface area contributed by atoms with Gasteiger partial charge in [0.05, 0.1) is 0 Å². The first-order valence-corrected chi connectivity index (χ1v) is 13.5. The van der Waals surface area contributed by atoms with E-state index < -0.39 is 5.91 Å². The molecule has 0 fully saturated rings. The minimum Gasteiger partial charge on any atom is -0.366 e. The van der Waals surface area contributed by atoms with Crippen molar-refractivity contribution in [3.63, 3.8) is 0 Å². The molecule has 0 heterocycles. The number of hydrogen-bond acceptors (Lipinski definition) is 2. The van der Waals surface area contributed by atoms with Gasteiger partial charge in [-0.25, -0.2) is 0 Å². The number of nitrogens with two attached hydrogens (primary N) is 1. The van der Waals surface area contributed by atoms with Gasteiger partial charge < -0.3 is 11.1 Å². The van der Waals surface area contributed by atoms with Crippen molar-refractivity contribution in [2.45, 2.75) is 116 Å². The van der Waals surface area contributed by atoms with Gasteiger partial charge in [0.25, 0.3) is 5.91 Å². The van der Waals surface area contributed by atoms with E-state index in [0.717, 1.165) is 36.9 Å². The highest BCUT2D eigenvalue weighted by Gasteiger charge is 2.46. The van der Waals surface area contributed by atoms with Gasteiger partial charge in [0.15, 0.2) is 0 Å². The number of carbonyl (C=O) groups is 2. The Bertz CT molecular complexity index is 1190. The lowest BCUT2D eigenvalue weighted by atomic mass is 9.56. The second-order valence-electron chi connectivity index (χ2n) is 13.7. The highest BCUT2D eigenvalue weighted by molar-refractivity contribution is 6.06. The van der Waals surface area contributed by atoms with Gasteiger partial charge in [0.2, 0.25) is 5.91 Å². The van der Waals surface area contributed by atoms with Crippen LogP contribution >= 0.6 is 0 Å². The average molecular weight is 489 g/mol. The van der Waals surface area contributed by atoms with Gasteiger partial charge in [-0.05, 0) is 99.8 Å². The molecule has 0 unspecified atom stereocenters. The van der Waals surface area contributed by atoms with E-state index in [1.165, 1.54) is 22.3 Å². The van der Waals surface area contributed by atoms with E-state index in [9.17, 15) is 9.59 Å². The number of rotatable bonds is 4. The Kier molecular flexibility index (Phi) is 6.22. The van der Waals surface area contributed by atoms with Gasteiger partial charge in [0, 0.05) is 16.8 Å². The maximum absolute atomic E-state index is 13.9. The average Bonchev–Trinajstić information content (AvgIpc) is 2.78. The molecule has 2 amide bonds. The maximum atomic E-state index is 13.9.